The molecule has 7 heteroatoms. The molecule has 1 amide bonds. The van der Waals surface area contributed by atoms with Crippen molar-refractivity contribution >= 4 is 45.0 Å². The Hall–Kier alpha value is -2.15. The van der Waals surface area contributed by atoms with Crippen LogP contribution >= 0.6 is 23.7 Å². The van der Waals surface area contributed by atoms with Crippen LogP contribution in [0.1, 0.15) is 25.0 Å². The Bertz CT molecular complexity index is 958. The molecule has 1 aromatic heterocycles. The fraction of sp³-hybridized carbons (Fsp3) is 0.391. The minimum Gasteiger partial charge on any atom is -0.484 e. The summed E-state index contributed by atoms with van der Waals surface area (Å²) >= 11 is 1.58. The van der Waals surface area contributed by atoms with E-state index in [9.17, 15) is 4.79 Å². The number of aryl methyl sites for hydroxylation is 2. The first kappa shape index (κ1) is 24.1. The van der Waals surface area contributed by atoms with Gasteiger partial charge in [0, 0.05) is 13.1 Å². The predicted octanol–water partition coefficient (Wildman–Crippen LogP) is 5.09. The molecule has 0 saturated heterocycles. The first-order chi connectivity index (χ1) is 14.0. The average molecular weight is 448 g/mol. The molecule has 3 rings (SSSR count). The summed E-state index contributed by atoms with van der Waals surface area (Å²) < 4.78 is 6.85. The van der Waals surface area contributed by atoms with Gasteiger partial charge in [-0.25, -0.2) is 4.98 Å². The molecule has 162 valence electrons. The van der Waals surface area contributed by atoms with Gasteiger partial charge in [-0.3, -0.25) is 9.69 Å². The highest BCUT2D eigenvalue weighted by Gasteiger charge is 2.21. The number of nitrogens with zero attached hydrogens (tertiary/aromatic N) is 3. The van der Waals surface area contributed by atoms with Crippen molar-refractivity contribution < 1.29 is 9.53 Å². The molecule has 3 aromatic rings. The number of carbonyl (C=O) groups is 1. The molecule has 5 nitrogen and oxygen atoms in total. The van der Waals surface area contributed by atoms with Gasteiger partial charge >= 0.3 is 0 Å². The van der Waals surface area contributed by atoms with Crippen LogP contribution in [0.4, 0.5) is 5.13 Å². The summed E-state index contributed by atoms with van der Waals surface area (Å²) in [5, 5.41) is 0.738. The fourth-order valence-electron chi connectivity index (χ4n) is 3.33. The maximum absolute atomic E-state index is 13.1. The lowest BCUT2D eigenvalue weighted by atomic mass is 10.1. The lowest BCUT2D eigenvalue weighted by Gasteiger charge is -2.24. The summed E-state index contributed by atoms with van der Waals surface area (Å²) in [6.45, 7) is 11.7. The number of benzene rings is 2. The Balaban J connectivity index is 0.00000320. The van der Waals surface area contributed by atoms with Crippen LogP contribution in [0.15, 0.2) is 42.5 Å². The lowest BCUT2D eigenvalue weighted by Crippen LogP contribution is -2.41. The highest BCUT2D eigenvalue weighted by molar-refractivity contribution is 7.22. The highest BCUT2D eigenvalue weighted by Crippen LogP contribution is 2.32. The maximum atomic E-state index is 13.1. The molecule has 0 saturated carbocycles. The molecular weight excluding hydrogens is 418 g/mol. The van der Waals surface area contributed by atoms with E-state index >= 15 is 0 Å². The number of carbonyl (C=O) groups excluding carboxylic acids is 1. The van der Waals surface area contributed by atoms with Crippen molar-refractivity contribution in [2.75, 3.05) is 37.7 Å². The summed E-state index contributed by atoms with van der Waals surface area (Å²) in [6.07, 6.45) is 0. The second-order valence-corrected chi connectivity index (χ2v) is 8.08. The summed E-state index contributed by atoms with van der Waals surface area (Å²) in [5.74, 6) is 0.620. The van der Waals surface area contributed by atoms with E-state index in [4.69, 9.17) is 9.72 Å². The van der Waals surface area contributed by atoms with Crippen molar-refractivity contribution in [2.45, 2.75) is 27.7 Å². The molecule has 0 spiro atoms. The van der Waals surface area contributed by atoms with Gasteiger partial charge in [-0.2, -0.15) is 0 Å². The quantitative estimate of drug-likeness (QED) is 0.458. The third kappa shape index (κ3) is 5.94. The number of likely N-dealkylation sites (N-methyl/N-ethyl adjacent to an activating group) is 1. The first-order valence-electron chi connectivity index (χ1n) is 10.1. The van der Waals surface area contributed by atoms with E-state index in [1.807, 2.05) is 30.3 Å². The van der Waals surface area contributed by atoms with Crippen molar-refractivity contribution in [3.05, 3.63) is 53.6 Å². The smallest absolute Gasteiger partial charge is 0.266 e. The second kappa shape index (κ2) is 11.3. The Morgan fingerprint density at radius 1 is 1.07 bits per heavy atom. The molecule has 30 heavy (non-hydrogen) atoms. The zero-order chi connectivity index (χ0) is 20.8. The molecule has 0 aliphatic carbocycles. The molecule has 0 bridgehead atoms. The Kier molecular flexibility index (Phi) is 9.08. The van der Waals surface area contributed by atoms with Gasteiger partial charge in [0.2, 0.25) is 0 Å². The minimum atomic E-state index is -0.0746. The van der Waals surface area contributed by atoms with E-state index in [-0.39, 0.29) is 24.9 Å². The number of thiazole rings is 1. The van der Waals surface area contributed by atoms with Crippen LogP contribution in [-0.4, -0.2) is 48.6 Å². The number of hydrogen-bond acceptors (Lipinski definition) is 5. The van der Waals surface area contributed by atoms with E-state index in [1.165, 1.54) is 11.1 Å². The topological polar surface area (TPSA) is 45.7 Å². The fourth-order valence-corrected chi connectivity index (χ4v) is 4.39. The number of fused-ring (bicyclic) bond motifs is 1. The Morgan fingerprint density at radius 2 is 1.77 bits per heavy atom. The van der Waals surface area contributed by atoms with Crippen LogP contribution in [0.3, 0.4) is 0 Å². The van der Waals surface area contributed by atoms with Gasteiger partial charge in [-0.05, 0) is 56.3 Å². The van der Waals surface area contributed by atoms with Crippen LogP contribution in [0.2, 0.25) is 0 Å². The first-order valence-corrected chi connectivity index (χ1v) is 10.9. The number of amides is 1. The summed E-state index contributed by atoms with van der Waals surface area (Å²) in [4.78, 5) is 22.0. The minimum absolute atomic E-state index is 0. The van der Waals surface area contributed by atoms with Gasteiger partial charge in [0.25, 0.3) is 5.91 Å². The van der Waals surface area contributed by atoms with Gasteiger partial charge in [0.05, 0.1) is 10.2 Å². The average Bonchev–Trinajstić information content (AvgIpc) is 3.14. The number of ether oxygens (including phenoxy) is 1. The number of anilines is 1. The number of hydrogen-bond donors (Lipinski definition) is 0. The van der Waals surface area contributed by atoms with Crippen molar-refractivity contribution in [3.8, 4) is 5.75 Å². The summed E-state index contributed by atoms with van der Waals surface area (Å²) in [6, 6.07) is 13.7. The van der Waals surface area contributed by atoms with Crippen molar-refractivity contribution in [2.24, 2.45) is 0 Å². The van der Waals surface area contributed by atoms with Crippen molar-refractivity contribution in [1.29, 1.82) is 0 Å². The van der Waals surface area contributed by atoms with E-state index in [1.54, 1.807) is 16.2 Å². The van der Waals surface area contributed by atoms with Crippen LogP contribution < -0.4 is 9.64 Å². The zero-order valence-corrected chi connectivity index (χ0v) is 19.7. The standard InChI is InChI=1S/C23H29N3O2S.ClH/c1-5-25(6-2)12-13-26(21(27)16-28-19-10-8-7-9-11-19)23-24-20-15-17(3)14-18(4)22(20)29-23;/h7-11,14-15H,5-6,12-13,16H2,1-4H3;1H. The largest absolute Gasteiger partial charge is 0.484 e. The van der Waals surface area contributed by atoms with Gasteiger partial charge < -0.3 is 9.64 Å². The van der Waals surface area contributed by atoms with Crippen molar-refractivity contribution in [1.82, 2.24) is 9.88 Å². The normalized spacial score (nSPS) is 10.8. The lowest BCUT2D eigenvalue weighted by molar-refractivity contribution is -0.120. The summed E-state index contributed by atoms with van der Waals surface area (Å²) in [5.41, 5.74) is 3.33. The maximum Gasteiger partial charge on any atom is 0.266 e. The second-order valence-electron chi connectivity index (χ2n) is 7.10. The van der Waals surface area contributed by atoms with Gasteiger partial charge in [0.1, 0.15) is 5.75 Å². The molecule has 0 atom stereocenters. The van der Waals surface area contributed by atoms with E-state index in [2.05, 4.69) is 44.7 Å². The molecule has 0 unspecified atom stereocenters. The third-order valence-corrected chi connectivity index (χ3v) is 6.21. The van der Waals surface area contributed by atoms with Crippen LogP contribution in [0.5, 0.6) is 5.75 Å². The molecule has 0 aliphatic rings. The van der Waals surface area contributed by atoms with Gasteiger partial charge in [-0.1, -0.05) is 49.4 Å². The molecular formula is C23H30ClN3O2S. The molecule has 0 N–H and O–H groups in total. The molecule has 0 fully saturated rings. The SMILES string of the molecule is CCN(CC)CCN(C(=O)COc1ccccc1)c1nc2cc(C)cc(C)c2s1.Cl. The highest BCUT2D eigenvalue weighted by atomic mass is 35.5. The molecule has 0 radical (unpaired) electrons. The number of rotatable bonds is 9. The van der Waals surface area contributed by atoms with E-state index in [0.717, 1.165) is 35.0 Å². The number of para-hydroxylation sites is 1. The molecule has 1 heterocycles. The molecule has 0 aliphatic heterocycles. The van der Waals surface area contributed by atoms with Crippen molar-refractivity contribution in [3.63, 3.8) is 0 Å². The van der Waals surface area contributed by atoms with Crippen LogP contribution in [0.25, 0.3) is 10.2 Å². The zero-order valence-electron chi connectivity index (χ0n) is 18.1. The number of halogens is 1. The monoisotopic (exact) mass is 447 g/mol. The summed E-state index contributed by atoms with van der Waals surface area (Å²) in [7, 11) is 0. The Labute approximate surface area is 189 Å². The van der Waals surface area contributed by atoms with Gasteiger partial charge in [-0.15, -0.1) is 12.4 Å². The third-order valence-electron chi connectivity index (χ3n) is 4.98. The van der Waals surface area contributed by atoms with Crippen LogP contribution in [-0.2, 0) is 4.79 Å². The number of aromatic nitrogens is 1. The van der Waals surface area contributed by atoms with Crippen LogP contribution in [0, 0.1) is 13.8 Å². The van der Waals surface area contributed by atoms with E-state index in [0.29, 0.717) is 12.3 Å². The Morgan fingerprint density at radius 3 is 2.43 bits per heavy atom. The van der Waals surface area contributed by atoms with E-state index < -0.39 is 0 Å². The molecule has 2 aromatic carbocycles. The predicted molar refractivity (Wildman–Crippen MR) is 128 cm³/mol. The van der Waals surface area contributed by atoms with Gasteiger partial charge in [0.15, 0.2) is 11.7 Å².